The standard InChI is InChI=1S/C8H8BrClN2O/c9-7-4-6(10)5-11-8(7)12-2-1-3-13-12/h4-5H,1-3H2. The molecule has 0 aliphatic carbocycles. The molecule has 70 valence electrons. The van der Waals surface area contributed by atoms with Gasteiger partial charge in [0.05, 0.1) is 16.1 Å². The predicted octanol–water partition coefficient (Wildman–Crippen LogP) is 2.64. The number of hydroxylamine groups is 1. The maximum Gasteiger partial charge on any atom is 0.166 e. The molecular weight excluding hydrogens is 255 g/mol. The highest BCUT2D eigenvalue weighted by atomic mass is 79.9. The van der Waals surface area contributed by atoms with Gasteiger partial charge in [-0.1, -0.05) is 11.6 Å². The molecule has 13 heavy (non-hydrogen) atoms. The largest absolute Gasteiger partial charge is 0.272 e. The zero-order valence-electron chi connectivity index (χ0n) is 6.83. The van der Waals surface area contributed by atoms with Crippen LogP contribution in [0.1, 0.15) is 6.42 Å². The Morgan fingerprint density at radius 2 is 2.46 bits per heavy atom. The Balaban J connectivity index is 2.29. The Hall–Kier alpha value is -0.320. The summed E-state index contributed by atoms with van der Waals surface area (Å²) in [4.78, 5) is 9.54. The van der Waals surface area contributed by atoms with Crippen LogP contribution in [0.25, 0.3) is 0 Å². The highest BCUT2D eigenvalue weighted by Gasteiger charge is 2.17. The lowest BCUT2D eigenvalue weighted by Crippen LogP contribution is -2.17. The molecule has 0 spiro atoms. The van der Waals surface area contributed by atoms with Crippen molar-refractivity contribution in [2.24, 2.45) is 0 Å². The van der Waals surface area contributed by atoms with E-state index in [2.05, 4.69) is 20.9 Å². The maximum absolute atomic E-state index is 5.77. The summed E-state index contributed by atoms with van der Waals surface area (Å²) in [5.74, 6) is 0.793. The summed E-state index contributed by atoms with van der Waals surface area (Å²) in [5, 5.41) is 2.40. The molecule has 1 fully saturated rings. The van der Waals surface area contributed by atoms with E-state index in [0.717, 1.165) is 29.9 Å². The summed E-state index contributed by atoms with van der Waals surface area (Å²) in [6, 6.07) is 1.81. The third-order valence-electron chi connectivity index (χ3n) is 1.78. The second-order valence-electron chi connectivity index (χ2n) is 2.75. The van der Waals surface area contributed by atoms with Crippen molar-refractivity contribution in [2.45, 2.75) is 6.42 Å². The average Bonchev–Trinajstić information content (AvgIpc) is 2.56. The van der Waals surface area contributed by atoms with Gasteiger partial charge >= 0.3 is 0 Å². The summed E-state index contributed by atoms with van der Waals surface area (Å²) < 4.78 is 0.863. The molecule has 1 saturated heterocycles. The van der Waals surface area contributed by atoms with E-state index in [0.29, 0.717) is 5.02 Å². The minimum atomic E-state index is 0.620. The fraction of sp³-hybridized carbons (Fsp3) is 0.375. The number of hydrogen-bond donors (Lipinski definition) is 0. The topological polar surface area (TPSA) is 25.4 Å². The van der Waals surface area contributed by atoms with Gasteiger partial charge in [0.15, 0.2) is 5.82 Å². The molecule has 2 rings (SSSR count). The Kier molecular flexibility index (Phi) is 2.71. The lowest BCUT2D eigenvalue weighted by Gasteiger charge is -2.15. The first-order valence-corrected chi connectivity index (χ1v) is 5.16. The van der Waals surface area contributed by atoms with Crippen LogP contribution in [-0.4, -0.2) is 18.1 Å². The molecular formula is C8H8BrClN2O. The zero-order chi connectivity index (χ0) is 9.26. The van der Waals surface area contributed by atoms with E-state index in [4.69, 9.17) is 16.4 Å². The predicted molar refractivity (Wildman–Crippen MR) is 54.9 cm³/mol. The van der Waals surface area contributed by atoms with Crippen LogP contribution in [0.5, 0.6) is 0 Å². The third kappa shape index (κ3) is 1.95. The van der Waals surface area contributed by atoms with Crippen LogP contribution in [0.2, 0.25) is 5.02 Å². The minimum Gasteiger partial charge on any atom is -0.272 e. The van der Waals surface area contributed by atoms with Crippen molar-refractivity contribution < 1.29 is 4.84 Å². The fourth-order valence-electron chi connectivity index (χ4n) is 1.21. The Morgan fingerprint density at radius 3 is 3.08 bits per heavy atom. The van der Waals surface area contributed by atoms with E-state index < -0.39 is 0 Å². The van der Waals surface area contributed by atoms with Gasteiger partial charge in [-0.25, -0.2) is 10.0 Å². The van der Waals surface area contributed by atoms with Crippen molar-refractivity contribution in [1.29, 1.82) is 0 Å². The Morgan fingerprint density at radius 1 is 1.62 bits per heavy atom. The zero-order valence-corrected chi connectivity index (χ0v) is 9.18. The second kappa shape index (κ2) is 3.82. The maximum atomic E-state index is 5.77. The first-order valence-electron chi connectivity index (χ1n) is 3.99. The smallest absolute Gasteiger partial charge is 0.166 e. The number of anilines is 1. The molecule has 3 nitrogen and oxygen atoms in total. The van der Waals surface area contributed by atoms with Crippen LogP contribution < -0.4 is 5.06 Å². The summed E-state index contributed by atoms with van der Waals surface area (Å²) >= 11 is 9.16. The number of pyridine rings is 1. The molecule has 0 N–H and O–H groups in total. The first kappa shape index (κ1) is 9.24. The van der Waals surface area contributed by atoms with Crippen molar-refractivity contribution in [3.05, 3.63) is 21.8 Å². The lowest BCUT2D eigenvalue weighted by molar-refractivity contribution is 0.166. The quantitative estimate of drug-likeness (QED) is 0.779. The number of rotatable bonds is 1. The van der Waals surface area contributed by atoms with Gasteiger partial charge in [-0.2, -0.15) is 0 Å². The minimum absolute atomic E-state index is 0.620. The summed E-state index contributed by atoms with van der Waals surface area (Å²) in [5.41, 5.74) is 0. The van der Waals surface area contributed by atoms with Crippen LogP contribution in [-0.2, 0) is 4.84 Å². The van der Waals surface area contributed by atoms with Crippen molar-refractivity contribution in [3.8, 4) is 0 Å². The van der Waals surface area contributed by atoms with E-state index in [1.807, 2.05) is 6.07 Å². The van der Waals surface area contributed by atoms with E-state index in [-0.39, 0.29) is 0 Å². The molecule has 2 heterocycles. The molecule has 5 heteroatoms. The van der Waals surface area contributed by atoms with Crippen LogP contribution >= 0.6 is 27.5 Å². The van der Waals surface area contributed by atoms with E-state index >= 15 is 0 Å². The molecule has 1 aromatic rings. The average molecular weight is 264 g/mol. The van der Waals surface area contributed by atoms with Crippen LogP contribution in [0.15, 0.2) is 16.7 Å². The van der Waals surface area contributed by atoms with E-state index in [1.54, 1.807) is 11.3 Å². The second-order valence-corrected chi connectivity index (χ2v) is 4.04. The molecule has 0 amide bonds. The van der Waals surface area contributed by atoms with Gasteiger partial charge in [0.2, 0.25) is 0 Å². The van der Waals surface area contributed by atoms with Gasteiger partial charge in [-0.05, 0) is 28.4 Å². The van der Waals surface area contributed by atoms with Crippen molar-refractivity contribution in [2.75, 3.05) is 18.2 Å². The SMILES string of the molecule is Clc1cnc(N2CCCO2)c(Br)c1. The fourth-order valence-corrected chi connectivity index (χ4v) is 2.04. The van der Waals surface area contributed by atoms with Gasteiger partial charge < -0.3 is 0 Å². The summed E-state index contributed by atoms with van der Waals surface area (Å²) in [7, 11) is 0. The molecule has 0 radical (unpaired) electrons. The molecule has 0 atom stereocenters. The number of nitrogens with zero attached hydrogens (tertiary/aromatic N) is 2. The highest BCUT2D eigenvalue weighted by molar-refractivity contribution is 9.10. The third-order valence-corrected chi connectivity index (χ3v) is 2.57. The monoisotopic (exact) mass is 262 g/mol. The number of aromatic nitrogens is 1. The molecule has 1 aliphatic rings. The van der Waals surface area contributed by atoms with Crippen molar-refractivity contribution in [3.63, 3.8) is 0 Å². The molecule has 0 unspecified atom stereocenters. The molecule has 0 saturated carbocycles. The first-order chi connectivity index (χ1) is 6.27. The number of halogens is 2. The molecule has 0 aromatic carbocycles. The van der Waals surface area contributed by atoms with Gasteiger partial charge in [0, 0.05) is 12.7 Å². The summed E-state index contributed by atoms with van der Waals surface area (Å²) in [6.45, 7) is 1.64. The van der Waals surface area contributed by atoms with Gasteiger partial charge in [0.1, 0.15) is 0 Å². The Labute approximate surface area is 89.7 Å². The van der Waals surface area contributed by atoms with Crippen LogP contribution in [0, 0.1) is 0 Å². The molecule has 1 aliphatic heterocycles. The normalized spacial score (nSPS) is 16.6. The molecule has 0 bridgehead atoms. The van der Waals surface area contributed by atoms with E-state index in [1.165, 1.54) is 0 Å². The van der Waals surface area contributed by atoms with Gasteiger partial charge in [-0.3, -0.25) is 4.84 Å². The van der Waals surface area contributed by atoms with Gasteiger partial charge in [-0.15, -0.1) is 0 Å². The van der Waals surface area contributed by atoms with Crippen molar-refractivity contribution in [1.82, 2.24) is 4.98 Å². The lowest BCUT2D eigenvalue weighted by atomic mass is 10.4. The number of hydrogen-bond acceptors (Lipinski definition) is 3. The molecule has 1 aromatic heterocycles. The summed E-state index contributed by atoms with van der Waals surface area (Å²) in [6.07, 6.45) is 2.65. The Bertz CT molecular complexity index is 315. The van der Waals surface area contributed by atoms with Gasteiger partial charge in [0.25, 0.3) is 0 Å². The van der Waals surface area contributed by atoms with Crippen molar-refractivity contribution >= 4 is 33.3 Å². The highest BCUT2D eigenvalue weighted by Crippen LogP contribution is 2.28. The van der Waals surface area contributed by atoms with E-state index in [9.17, 15) is 0 Å². The van der Waals surface area contributed by atoms with Crippen LogP contribution in [0.4, 0.5) is 5.82 Å². The van der Waals surface area contributed by atoms with Crippen LogP contribution in [0.3, 0.4) is 0 Å².